The molecule has 2 rings (SSSR count). The molecule has 0 aromatic carbocycles. The molecule has 2 aliphatic rings. The summed E-state index contributed by atoms with van der Waals surface area (Å²) >= 11 is 0. The Labute approximate surface area is 86.0 Å². The zero-order valence-electron chi connectivity index (χ0n) is 9.59. The molecular formula is C12H20O2. The fraction of sp³-hybridized carbons (Fsp3) is 0.917. The molecule has 0 amide bonds. The summed E-state index contributed by atoms with van der Waals surface area (Å²) in [5, 5.41) is 0. The van der Waals surface area contributed by atoms with Gasteiger partial charge >= 0.3 is 5.97 Å². The van der Waals surface area contributed by atoms with Gasteiger partial charge in [-0.15, -0.1) is 0 Å². The van der Waals surface area contributed by atoms with Gasteiger partial charge in [0.25, 0.3) is 0 Å². The Morgan fingerprint density at radius 1 is 1.43 bits per heavy atom. The van der Waals surface area contributed by atoms with E-state index in [-0.39, 0.29) is 11.6 Å². The average Bonchev–Trinajstić information content (AvgIpc) is 2.70. The van der Waals surface area contributed by atoms with Crippen molar-refractivity contribution in [2.75, 3.05) is 0 Å². The number of fused-ring (bicyclic) bond motifs is 1. The van der Waals surface area contributed by atoms with E-state index in [0.717, 1.165) is 12.3 Å². The first kappa shape index (κ1) is 10.0. The fourth-order valence-electron chi connectivity index (χ4n) is 3.45. The smallest absolute Gasteiger partial charge is 0.303 e. The fourth-order valence-corrected chi connectivity index (χ4v) is 3.45. The first-order valence-corrected chi connectivity index (χ1v) is 5.60. The second-order valence-corrected chi connectivity index (χ2v) is 5.55. The van der Waals surface area contributed by atoms with E-state index in [0.29, 0.717) is 11.3 Å². The van der Waals surface area contributed by atoms with Crippen molar-refractivity contribution in [2.45, 2.75) is 52.6 Å². The van der Waals surface area contributed by atoms with E-state index in [1.54, 1.807) is 0 Å². The van der Waals surface area contributed by atoms with E-state index in [1.165, 1.54) is 19.8 Å². The molecule has 0 spiro atoms. The SMILES string of the molecule is CC(=O)O[C@@]1(C)CC[C@@]2(C(C)C)CC21. The highest BCUT2D eigenvalue weighted by atomic mass is 16.6. The maximum Gasteiger partial charge on any atom is 0.303 e. The van der Waals surface area contributed by atoms with Gasteiger partial charge in [0.05, 0.1) is 0 Å². The van der Waals surface area contributed by atoms with Crippen molar-refractivity contribution in [1.82, 2.24) is 0 Å². The van der Waals surface area contributed by atoms with Crippen molar-refractivity contribution < 1.29 is 9.53 Å². The molecule has 0 aromatic heterocycles. The molecule has 2 fully saturated rings. The standard InChI is InChI=1S/C12H20O2/c1-8(2)12-6-5-11(4,10(12)7-12)14-9(3)13/h8,10H,5-7H2,1-4H3/t10?,11-,12-/m0/s1. The Morgan fingerprint density at radius 3 is 2.43 bits per heavy atom. The average molecular weight is 196 g/mol. The van der Waals surface area contributed by atoms with Crippen LogP contribution in [0.25, 0.3) is 0 Å². The molecule has 2 heteroatoms. The van der Waals surface area contributed by atoms with Gasteiger partial charge in [0.15, 0.2) is 0 Å². The Kier molecular flexibility index (Phi) is 1.96. The molecule has 3 atom stereocenters. The molecule has 2 nitrogen and oxygen atoms in total. The highest BCUT2D eigenvalue weighted by Crippen LogP contribution is 2.71. The predicted octanol–water partition coefficient (Wildman–Crippen LogP) is 2.76. The largest absolute Gasteiger partial charge is 0.459 e. The third-order valence-corrected chi connectivity index (χ3v) is 4.47. The van der Waals surface area contributed by atoms with Crippen LogP contribution >= 0.6 is 0 Å². The van der Waals surface area contributed by atoms with E-state index >= 15 is 0 Å². The van der Waals surface area contributed by atoms with Crippen molar-refractivity contribution in [3.05, 3.63) is 0 Å². The van der Waals surface area contributed by atoms with Crippen LogP contribution in [-0.2, 0) is 9.53 Å². The summed E-state index contributed by atoms with van der Waals surface area (Å²) in [6.45, 7) is 8.21. The molecule has 0 aliphatic heterocycles. The lowest BCUT2D eigenvalue weighted by atomic mass is 9.90. The molecule has 0 radical (unpaired) electrons. The summed E-state index contributed by atoms with van der Waals surface area (Å²) < 4.78 is 5.49. The zero-order chi connectivity index (χ0) is 10.6. The summed E-state index contributed by atoms with van der Waals surface area (Å²) in [7, 11) is 0. The van der Waals surface area contributed by atoms with Crippen LogP contribution in [0, 0.1) is 17.3 Å². The van der Waals surface area contributed by atoms with Crippen LogP contribution in [0.15, 0.2) is 0 Å². The lowest BCUT2D eigenvalue weighted by Gasteiger charge is -2.25. The van der Waals surface area contributed by atoms with E-state index in [9.17, 15) is 4.79 Å². The molecule has 80 valence electrons. The Balaban J connectivity index is 2.10. The van der Waals surface area contributed by atoms with Crippen LogP contribution in [0.2, 0.25) is 0 Å². The minimum Gasteiger partial charge on any atom is -0.459 e. The van der Waals surface area contributed by atoms with Gasteiger partial charge in [-0.1, -0.05) is 13.8 Å². The highest BCUT2D eigenvalue weighted by molar-refractivity contribution is 5.66. The number of rotatable bonds is 2. The first-order valence-electron chi connectivity index (χ1n) is 5.60. The zero-order valence-corrected chi connectivity index (χ0v) is 9.59. The van der Waals surface area contributed by atoms with Gasteiger partial charge < -0.3 is 4.74 Å². The van der Waals surface area contributed by atoms with Crippen molar-refractivity contribution in [3.8, 4) is 0 Å². The minimum absolute atomic E-state index is 0.126. The van der Waals surface area contributed by atoms with Gasteiger partial charge in [-0.2, -0.15) is 0 Å². The van der Waals surface area contributed by atoms with Crippen LogP contribution in [0.1, 0.15) is 47.0 Å². The lowest BCUT2D eigenvalue weighted by molar-refractivity contribution is -0.156. The summed E-state index contributed by atoms with van der Waals surface area (Å²) in [6.07, 6.45) is 3.54. The van der Waals surface area contributed by atoms with Crippen LogP contribution in [0.5, 0.6) is 0 Å². The molecule has 2 saturated carbocycles. The van der Waals surface area contributed by atoms with Crippen molar-refractivity contribution in [1.29, 1.82) is 0 Å². The highest BCUT2D eigenvalue weighted by Gasteiger charge is 2.69. The molecular weight excluding hydrogens is 176 g/mol. The molecule has 0 N–H and O–H groups in total. The van der Waals surface area contributed by atoms with Crippen LogP contribution in [0.4, 0.5) is 0 Å². The van der Waals surface area contributed by atoms with E-state index in [2.05, 4.69) is 20.8 Å². The second-order valence-electron chi connectivity index (χ2n) is 5.55. The van der Waals surface area contributed by atoms with E-state index in [1.807, 2.05) is 0 Å². The van der Waals surface area contributed by atoms with Gasteiger partial charge in [-0.3, -0.25) is 4.79 Å². The molecule has 1 unspecified atom stereocenters. The Morgan fingerprint density at radius 2 is 2.07 bits per heavy atom. The maximum absolute atomic E-state index is 11.0. The van der Waals surface area contributed by atoms with Gasteiger partial charge in [0.2, 0.25) is 0 Å². The molecule has 0 heterocycles. The van der Waals surface area contributed by atoms with Crippen molar-refractivity contribution in [3.63, 3.8) is 0 Å². The van der Waals surface area contributed by atoms with Crippen LogP contribution in [0.3, 0.4) is 0 Å². The number of ether oxygens (including phenoxy) is 1. The second kappa shape index (κ2) is 2.74. The lowest BCUT2D eigenvalue weighted by Crippen LogP contribution is -2.31. The van der Waals surface area contributed by atoms with Gasteiger partial charge in [0, 0.05) is 12.8 Å². The number of carbonyl (C=O) groups excluding carboxylic acids is 1. The number of esters is 1. The summed E-state index contributed by atoms with van der Waals surface area (Å²) in [4.78, 5) is 11.0. The Hall–Kier alpha value is -0.530. The summed E-state index contributed by atoms with van der Waals surface area (Å²) in [5.74, 6) is 1.22. The number of hydrogen-bond acceptors (Lipinski definition) is 2. The van der Waals surface area contributed by atoms with E-state index in [4.69, 9.17) is 4.74 Å². The summed E-state index contributed by atoms with van der Waals surface area (Å²) in [5.41, 5.74) is 0.348. The van der Waals surface area contributed by atoms with Crippen LogP contribution in [-0.4, -0.2) is 11.6 Å². The van der Waals surface area contributed by atoms with Crippen molar-refractivity contribution >= 4 is 5.97 Å². The maximum atomic E-state index is 11.0. The van der Waals surface area contributed by atoms with Gasteiger partial charge in [-0.25, -0.2) is 0 Å². The van der Waals surface area contributed by atoms with Crippen LogP contribution < -0.4 is 0 Å². The molecule has 14 heavy (non-hydrogen) atoms. The van der Waals surface area contributed by atoms with Gasteiger partial charge in [-0.05, 0) is 37.5 Å². The number of hydrogen-bond donors (Lipinski definition) is 0. The first-order chi connectivity index (χ1) is 6.41. The molecule has 2 aliphatic carbocycles. The molecule has 0 aromatic rings. The third kappa shape index (κ3) is 1.19. The Bertz CT molecular complexity index is 271. The predicted molar refractivity (Wildman–Crippen MR) is 54.8 cm³/mol. The molecule has 0 saturated heterocycles. The quantitative estimate of drug-likeness (QED) is 0.635. The molecule has 0 bridgehead atoms. The topological polar surface area (TPSA) is 26.3 Å². The minimum atomic E-state index is -0.157. The number of carbonyl (C=O) groups is 1. The van der Waals surface area contributed by atoms with Gasteiger partial charge in [0.1, 0.15) is 5.60 Å². The monoisotopic (exact) mass is 196 g/mol. The third-order valence-electron chi connectivity index (χ3n) is 4.47. The normalized spacial score (nSPS) is 45.1. The van der Waals surface area contributed by atoms with E-state index < -0.39 is 0 Å². The van der Waals surface area contributed by atoms with Crippen molar-refractivity contribution in [2.24, 2.45) is 17.3 Å². The summed E-state index contributed by atoms with van der Waals surface area (Å²) in [6, 6.07) is 0.